The molecule has 0 radical (unpaired) electrons. The van der Waals surface area contributed by atoms with Crippen LogP contribution >= 0.6 is 15.9 Å². The molecule has 0 bridgehead atoms. The molecule has 0 saturated heterocycles. The van der Waals surface area contributed by atoms with Crippen molar-refractivity contribution >= 4 is 15.9 Å². The average Bonchev–Trinajstić information content (AvgIpc) is 2.41. The van der Waals surface area contributed by atoms with Crippen LogP contribution in [-0.2, 0) is 6.54 Å². The van der Waals surface area contributed by atoms with Crippen LogP contribution in [0.1, 0.15) is 18.1 Å². The van der Waals surface area contributed by atoms with Gasteiger partial charge in [-0.3, -0.25) is 0 Å². The summed E-state index contributed by atoms with van der Waals surface area (Å²) in [5.41, 5.74) is 2.35. The van der Waals surface area contributed by atoms with Crippen LogP contribution in [0.25, 0.3) is 0 Å². The molecular formula is C16H18BrNO. The molecule has 0 fully saturated rings. The van der Waals surface area contributed by atoms with E-state index in [1.165, 1.54) is 5.56 Å². The third-order valence-electron chi connectivity index (χ3n) is 2.86. The van der Waals surface area contributed by atoms with Gasteiger partial charge in [0.1, 0.15) is 11.5 Å². The summed E-state index contributed by atoms with van der Waals surface area (Å²) in [5.74, 6) is 1.76. The lowest BCUT2D eigenvalue weighted by molar-refractivity contribution is 0.477. The Bertz CT molecular complexity index is 554. The van der Waals surface area contributed by atoms with Gasteiger partial charge in [-0.15, -0.1) is 0 Å². The molecule has 100 valence electrons. The molecule has 0 saturated carbocycles. The Hall–Kier alpha value is -1.32. The summed E-state index contributed by atoms with van der Waals surface area (Å²) < 4.78 is 6.98. The number of aryl methyl sites for hydroxylation is 1. The Morgan fingerprint density at radius 1 is 1.16 bits per heavy atom. The molecule has 19 heavy (non-hydrogen) atoms. The van der Waals surface area contributed by atoms with Crippen molar-refractivity contribution in [3.8, 4) is 11.5 Å². The number of hydrogen-bond donors (Lipinski definition) is 1. The van der Waals surface area contributed by atoms with Crippen molar-refractivity contribution in [2.45, 2.75) is 20.4 Å². The summed E-state index contributed by atoms with van der Waals surface area (Å²) in [5, 5.41) is 3.31. The Kier molecular flexibility index (Phi) is 5.00. The van der Waals surface area contributed by atoms with Crippen molar-refractivity contribution in [1.29, 1.82) is 0 Å². The van der Waals surface area contributed by atoms with E-state index < -0.39 is 0 Å². The van der Waals surface area contributed by atoms with Gasteiger partial charge in [-0.05, 0) is 48.9 Å². The molecular weight excluding hydrogens is 302 g/mol. The lowest BCUT2D eigenvalue weighted by atomic mass is 10.2. The smallest absolute Gasteiger partial charge is 0.131 e. The first kappa shape index (κ1) is 14.1. The second kappa shape index (κ2) is 6.73. The molecule has 3 heteroatoms. The molecule has 2 aromatic rings. The van der Waals surface area contributed by atoms with Crippen LogP contribution < -0.4 is 10.1 Å². The number of rotatable bonds is 5. The van der Waals surface area contributed by atoms with E-state index >= 15 is 0 Å². The number of ether oxygens (including phenoxy) is 1. The van der Waals surface area contributed by atoms with E-state index in [2.05, 4.69) is 40.3 Å². The largest absolute Gasteiger partial charge is 0.457 e. The van der Waals surface area contributed by atoms with Gasteiger partial charge in [0.15, 0.2) is 0 Å². The summed E-state index contributed by atoms with van der Waals surface area (Å²) in [7, 11) is 0. The Morgan fingerprint density at radius 2 is 2.00 bits per heavy atom. The fourth-order valence-corrected chi connectivity index (χ4v) is 2.14. The molecule has 0 heterocycles. The number of benzene rings is 2. The molecule has 2 rings (SSSR count). The minimum atomic E-state index is 0.866. The Morgan fingerprint density at radius 3 is 2.79 bits per heavy atom. The Labute approximate surface area is 122 Å². The standard InChI is InChI=1S/C16H18BrNO/c1-3-18-11-13-5-4-6-15(9-13)19-16-10-14(17)8-7-12(16)2/h4-10,18H,3,11H2,1-2H3. The third-order valence-corrected chi connectivity index (χ3v) is 3.35. The maximum Gasteiger partial charge on any atom is 0.131 e. The zero-order valence-corrected chi connectivity index (χ0v) is 12.8. The van der Waals surface area contributed by atoms with Crippen LogP contribution in [0.5, 0.6) is 11.5 Å². The monoisotopic (exact) mass is 319 g/mol. The van der Waals surface area contributed by atoms with E-state index in [1.54, 1.807) is 0 Å². The lowest BCUT2D eigenvalue weighted by Gasteiger charge is -2.10. The SMILES string of the molecule is CCNCc1cccc(Oc2cc(Br)ccc2C)c1. The van der Waals surface area contributed by atoms with E-state index in [9.17, 15) is 0 Å². The van der Waals surface area contributed by atoms with E-state index in [-0.39, 0.29) is 0 Å². The predicted molar refractivity (Wildman–Crippen MR) is 82.8 cm³/mol. The second-order valence-corrected chi connectivity index (χ2v) is 5.36. The van der Waals surface area contributed by atoms with Crippen molar-refractivity contribution in [1.82, 2.24) is 5.32 Å². The van der Waals surface area contributed by atoms with Gasteiger partial charge in [0.05, 0.1) is 0 Å². The molecule has 2 nitrogen and oxygen atoms in total. The molecule has 0 unspecified atom stereocenters. The van der Waals surface area contributed by atoms with Gasteiger partial charge < -0.3 is 10.1 Å². The van der Waals surface area contributed by atoms with Gasteiger partial charge in [-0.25, -0.2) is 0 Å². The van der Waals surface area contributed by atoms with Gasteiger partial charge in [-0.2, -0.15) is 0 Å². The molecule has 0 atom stereocenters. The molecule has 0 aliphatic carbocycles. The molecule has 0 aliphatic heterocycles. The first-order valence-corrected chi connectivity index (χ1v) is 7.22. The van der Waals surface area contributed by atoms with E-state index in [1.807, 2.05) is 37.3 Å². The minimum absolute atomic E-state index is 0.866. The second-order valence-electron chi connectivity index (χ2n) is 4.44. The van der Waals surface area contributed by atoms with E-state index in [4.69, 9.17) is 4.74 Å². The summed E-state index contributed by atoms with van der Waals surface area (Å²) >= 11 is 3.47. The summed E-state index contributed by atoms with van der Waals surface area (Å²) in [6, 6.07) is 14.2. The van der Waals surface area contributed by atoms with Crippen LogP contribution in [0.15, 0.2) is 46.9 Å². The molecule has 0 spiro atoms. The highest BCUT2D eigenvalue weighted by atomic mass is 79.9. The zero-order chi connectivity index (χ0) is 13.7. The number of halogens is 1. The van der Waals surface area contributed by atoms with E-state index in [0.29, 0.717) is 0 Å². The first-order chi connectivity index (χ1) is 9.19. The van der Waals surface area contributed by atoms with E-state index in [0.717, 1.165) is 34.6 Å². The predicted octanol–water partition coefficient (Wildman–Crippen LogP) is 4.66. The third kappa shape index (κ3) is 4.08. The zero-order valence-electron chi connectivity index (χ0n) is 11.2. The molecule has 0 aliphatic rings. The van der Waals surface area contributed by atoms with Crippen LogP contribution in [-0.4, -0.2) is 6.54 Å². The van der Waals surface area contributed by atoms with Gasteiger partial charge in [0, 0.05) is 11.0 Å². The van der Waals surface area contributed by atoms with Crippen LogP contribution in [0.4, 0.5) is 0 Å². The number of nitrogens with one attached hydrogen (secondary N) is 1. The average molecular weight is 320 g/mol. The fraction of sp³-hybridized carbons (Fsp3) is 0.250. The quantitative estimate of drug-likeness (QED) is 0.865. The van der Waals surface area contributed by atoms with Crippen molar-refractivity contribution in [2.24, 2.45) is 0 Å². The van der Waals surface area contributed by atoms with Gasteiger partial charge in [-0.1, -0.05) is 41.1 Å². The topological polar surface area (TPSA) is 21.3 Å². The molecule has 2 aromatic carbocycles. The highest BCUT2D eigenvalue weighted by Gasteiger charge is 2.03. The van der Waals surface area contributed by atoms with Crippen LogP contribution in [0.3, 0.4) is 0 Å². The molecule has 0 amide bonds. The summed E-state index contributed by atoms with van der Waals surface area (Å²) in [6.45, 7) is 5.98. The molecule has 1 N–H and O–H groups in total. The van der Waals surface area contributed by atoms with Gasteiger partial charge in [0.25, 0.3) is 0 Å². The van der Waals surface area contributed by atoms with Gasteiger partial charge >= 0.3 is 0 Å². The fourth-order valence-electron chi connectivity index (χ4n) is 1.80. The summed E-state index contributed by atoms with van der Waals surface area (Å²) in [4.78, 5) is 0. The summed E-state index contributed by atoms with van der Waals surface area (Å²) in [6.07, 6.45) is 0. The van der Waals surface area contributed by atoms with Crippen molar-refractivity contribution < 1.29 is 4.74 Å². The normalized spacial score (nSPS) is 10.5. The van der Waals surface area contributed by atoms with Crippen molar-refractivity contribution in [2.75, 3.05) is 6.54 Å². The maximum atomic E-state index is 5.95. The lowest BCUT2D eigenvalue weighted by Crippen LogP contribution is -2.11. The first-order valence-electron chi connectivity index (χ1n) is 6.42. The van der Waals surface area contributed by atoms with Crippen LogP contribution in [0, 0.1) is 6.92 Å². The molecule has 0 aromatic heterocycles. The van der Waals surface area contributed by atoms with Gasteiger partial charge in [0.2, 0.25) is 0 Å². The van der Waals surface area contributed by atoms with Crippen LogP contribution in [0.2, 0.25) is 0 Å². The highest BCUT2D eigenvalue weighted by molar-refractivity contribution is 9.10. The van der Waals surface area contributed by atoms with Crippen molar-refractivity contribution in [3.63, 3.8) is 0 Å². The minimum Gasteiger partial charge on any atom is -0.457 e. The highest BCUT2D eigenvalue weighted by Crippen LogP contribution is 2.28. The number of hydrogen-bond acceptors (Lipinski definition) is 2. The maximum absolute atomic E-state index is 5.95. The van der Waals surface area contributed by atoms with Crippen molar-refractivity contribution in [3.05, 3.63) is 58.1 Å². The Balaban J connectivity index is 2.16.